The predicted molar refractivity (Wildman–Crippen MR) is 63.1 cm³/mol. The van der Waals surface area contributed by atoms with E-state index in [-0.39, 0.29) is 0 Å². The molecule has 1 rings (SSSR count). The number of nitrogens with two attached hydrogens (primary N) is 1. The van der Waals surface area contributed by atoms with Gasteiger partial charge in [0.25, 0.3) is 0 Å². The van der Waals surface area contributed by atoms with Crippen LogP contribution in [0.5, 0.6) is 5.75 Å². The number of hydrogen-bond acceptors (Lipinski definition) is 3. The van der Waals surface area contributed by atoms with E-state index in [1.807, 2.05) is 32.3 Å². The fourth-order valence-electron chi connectivity index (χ4n) is 1.33. The van der Waals surface area contributed by atoms with Crippen LogP contribution in [0.25, 0.3) is 0 Å². The van der Waals surface area contributed by atoms with Crippen LogP contribution >= 0.6 is 0 Å². The topological polar surface area (TPSA) is 38.5 Å². The monoisotopic (exact) mass is 208 g/mol. The summed E-state index contributed by atoms with van der Waals surface area (Å²) in [6.45, 7) is 4.29. The molecule has 15 heavy (non-hydrogen) atoms. The van der Waals surface area contributed by atoms with Crippen LogP contribution in [-0.2, 0) is 6.54 Å². The summed E-state index contributed by atoms with van der Waals surface area (Å²) in [6, 6.07) is 6.04. The second-order valence-corrected chi connectivity index (χ2v) is 3.94. The van der Waals surface area contributed by atoms with Crippen molar-refractivity contribution >= 4 is 0 Å². The van der Waals surface area contributed by atoms with Gasteiger partial charge < -0.3 is 15.4 Å². The van der Waals surface area contributed by atoms with E-state index in [0.717, 1.165) is 12.3 Å². The van der Waals surface area contributed by atoms with Gasteiger partial charge in [-0.3, -0.25) is 0 Å². The minimum Gasteiger partial charge on any atom is -0.492 e. The van der Waals surface area contributed by atoms with E-state index in [4.69, 9.17) is 10.5 Å². The molecule has 0 heterocycles. The van der Waals surface area contributed by atoms with Gasteiger partial charge in [0, 0.05) is 13.1 Å². The van der Waals surface area contributed by atoms with Gasteiger partial charge in [-0.25, -0.2) is 0 Å². The number of aryl methyl sites for hydroxylation is 1. The lowest BCUT2D eigenvalue weighted by Gasteiger charge is -2.12. The lowest BCUT2D eigenvalue weighted by atomic mass is 10.1. The van der Waals surface area contributed by atoms with Crippen LogP contribution in [-0.4, -0.2) is 32.1 Å². The second kappa shape index (κ2) is 5.73. The Kier molecular flexibility index (Phi) is 4.59. The van der Waals surface area contributed by atoms with Crippen LogP contribution in [0.3, 0.4) is 0 Å². The number of nitrogens with zero attached hydrogens (tertiary/aromatic N) is 1. The van der Waals surface area contributed by atoms with Crippen LogP contribution in [0.4, 0.5) is 0 Å². The molecular weight excluding hydrogens is 188 g/mol. The van der Waals surface area contributed by atoms with E-state index in [1.54, 1.807) is 0 Å². The van der Waals surface area contributed by atoms with Crippen LogP contribution in [0.1, 0.15) is 11.1 Å². The molecule has 0 spiro atoms. The Labute approximate surface area is 91.8 Å². The van der Waals surface area contributed by atoms with Crippen molar-refractivity contribution in [1.82, 2.24) is 4.90 Å². The molecule has 0 aliphatic heterocycles. The molecule has 0 aliphatic rings. The maximum Gasteiger partial charge on any atom is 0.119 e. The first-order chi connectivity index (χ1) is 7.13. The van der Waals surface area contributed by atoms with Gasteiger partial charge in [-0.15, -0.1) is 0 Å². The summed E-state index contributed by atoms with van der Waals surface area (Å²) >= 11 is 0. The highest BCUT2D eigenvalue weighted by molar-refractivity contribution is 5.34. The zero-order chi connectivity index (χ0) is 11.3. The molecule has 0 saturated heterocycles. The molecule has 0 aromatic heterocycles. The van der Waals surface area contributed by atoms with Gasteiger partial charge in [-0.1, -0.05) is 6.07 Å². The maximum absolute atomic E-state index is 5.61. The fraction of sp³-hybridized carbons (Fsp3) is 0.500. The Morgan fingerprint density at radius 2 is 2.07 bits per heavy atom. The Balaban J connectivity index is 2.52. The van der Waals surface area contributed by atoms with Crippen LogP contribution < -0.4 is 10.5 Å². The van der Waals surface area contributed by atoms with Crippen molar-refractivity contribution in [3.63, 3.8) is 0 Å². The van der Waals surface area contributed by atoms with Gasteiger partial charge in [-0.2, -0.15) is 0 Å². The highest BCUT2D eigenvalue weighted by Gasteiger charge is 1.99. The van der Waals surface area contributed by atoms with Crippen molar-refractivity contribution in [3.05, 3.63) is 29.3 Å². The summed E-state index contributed by atoms with van der Waals surface area (Å²) in [7, 11) is 4.07. The van der Waals surface area contributed by atoms with Crippen molar-refractivity contribution in [2.45, 2.75) is 13.5 Å². The highest BCUT2D eigenvalue weighted by Crippen LogP contribution is 2.16. The molecule has 84 valence electrons. The van der Waals surface area contributed by atoms with E-state index in [0.29, 0.717) is 13.2 Å². The Bertz CT molecular complexity index is 310. The molecule has 3 heteroatoms. The molecule has 0 amide bonds. The molecule has 1 aromatic rings. The van der Waals surface area contributed by atoms with Gasteiger partial charge in [-0.05, 0) is 44.3 Å². The Morgan fingerprint density at radius 1 is 1.33 bits per heavy atom. The molecule has 0 fully saturated rings. The molecule has 0 aliphatic carbocycles. The highest BCUT2D eigenvalue weighted by atomic mass is 16.5. The van der Waals surface area contributed by atoms with E-state index in [2.05, 4.69) is 11.8 Å². The Morgan fingerprint density at radius 3 is 2.60 bits per heavy atom. The molecule has 0 radical (unpaired) electrons. The summed E-state index contributed by atoms with van der Waals surface area (Å²) in [4.78, 5) is 2.10. The zero-order valence-electron chi connectivity index (χ0n) is 9.79. The third-order valence-corrected chi connectivity index (χ3v) is 2.34. The number of likely N-dealkylation sites (N-methyl/N-ethyl adjacent to an activating group) is 1. The molecule has 0 bridgehead atoms. The summed E-state index contributed by atoms with van der Waals surface area (Å²) in [5.41, 5.74) is 7.96. The molecule has 1 aromatic carbocycles. The maximum atomic E-state index is 5.61. The van der Waals surface area contributed by atoms with Crippen LogP contribution in [0, 0.1) is 6.92 Å². The summed E-state index contributed by atoms with van der Waals surface area (Å²) in [5.74, 6) is 0.923. The van der Waals surface area contributed by atoms with E-state index < -0.39 is 0 Å². The number of hydrogen-bond donors (Lipinski definition) is 1. The average molecular weight is 208 g/mol. The first-order valence-corrected chi connectivity index (χ1v) is 5.20. The van der Waals surface area contributed by atoms with Crippen molar-refractivity contribution in [2.75, 3.05) is 27.2 Å². The summed E-state index contributed by atoms with van der Waals surface area (Å²) in [6.07, 6.45) is 0. The second-order valence-electron chi connectivity index (χ2n) is 3.94. The third kappa shape index (κ3) is 3.90. The smallest absolute Gasteiger partial charge is 0.119 e. The normalized spacial score (nSPS) is 10.7. The lowest BCUT2D eigenvalue weighted by molar-refractivity contribution is 0.261. The van der Waals surface area contributed by atoms with E-state index >= 15 is 0 Å². The van der Waals surface area contributed by atoms with E-state index in [9.17, 15) is 0 Å². The van der Waals surface area contributed by atoms with Crippen molar-refractivity contribution in [2.24, 2.45) is 5.73 Å². The summed E-state index contributed by atoms with van der Waals surface area (Å²) < 4.78 is 5.61. The minimum atomic E-state index is 0.587. The Hall–Kier alpha value is -1.06. The first kappa shape index (κ1) is 12.0. The fourth-order valence-corrected chi connectivity index (χ4v) is 1.33. The SMILES string of the molecule is Cc1cc(OCCN(C)C)ccc1CN. The molecule has 0 atom stereocenters. The largest absolute Gasteiger partial charge is 0.492 e. The predicted octanol–water partition coefficient (Wildman–Crippen LogP) is 1.39. The zero-order valence-corrected chi connectivity index (χ0v) is 9.79. The van der Waals surface area contributed by atoms with Crippen LogP contribution in [0.2, 0.25) is 0 Å². The van der Waals surface area contributed by atoms with Crippen molar-refractivity contribution < 1.29 is 4.74 Å². The van der Waals surface area contributed by atoms with Crippen molar-refractivity contribution in [3.8, 4) is 5.75 Å². The molecule has 3 nitrogen and oxygen atoms in total. The van der Waals surface area contributed by atoms with Crippen molar-refractivity contribution in [1.29, 1.82) is 0 Å². The van der Waals surface area contributed by atoms with Crippen LogP contribution in [0.15, 0.2) is 18.2 Å². The lowest BCUT2D eigenvalue weighted by Crippen LogP contribution is -2.19. The van der Waals surface area contributed by atoms with Gasteiger partial charge in [0.05, 0.1) is 0 Å². The minimum absolute atomic E-state index is 0.587. The number of rotatable bonds is 5. The number of ether oxygens (including phenoxy) is 1. The molecule has 0 unspecified atom stereocenters. The van der Waals surface area contributed by atoms with Gasteiger partial charge in [0.2, 0.25) is 0 Å². The average Bonchev–Trinajstić information content (AvgIpc) is 2.17. The number of benzene rings is 1. The quantitative estimate of drug-likeness (QED) is 0.794. The standard InChI is InChI=1S/C12H20N2O/c1-10-8-12(5-4-11(10)9-13)15-7-6-14(2)3/h4-5,8H,6-7,9,13H2,1-3H3. The van der Waals surface area contributed by atoms with E-state index in [1.165, 1.54) is 11.1 Å². The van der Waals surface area contributed by atoms with Gasteiger partial charge in [0.15, 0.2) is 0 Å². The molecule has 2 N–H and O–H groups in total. The molecular formula is C12H20N2O. The first-order valence-electron chi connectivity index (χ1n) is 5.20. The molecule has 0 saturated carbocycles. The van der Waals surface area contributed by atoms with Gasteiger partial charge in [0.1, 0.15) is 12.4 Å². The van der Waals surface area contributed by atoms with Gasteiger partial charge >= 0.3 is 0 Å². The third-order valence-electron chi connectivity index (χ3n) is 2.34. The summed E-state index contributed by atoms with van der Waals surface area (Å²) in [5, 5.41) is 0.